The van der Waals surface area contributed by atoms with E-state index < -0.39 is 11.7 Å². The van der Waals surface area contributed by atoms with Crippen molar-refractivity contribution in [2.75, 3.05) is 0 Å². The Bertz CT molecular complexity index is 402. The summed E-state index contributed by atoms with van der Waals surface area (Å²) in [7, 11) is 0. The molecule has 0 radical (unpaired) electrons. The molecule has 1 aromatic carbocycles. The van der Waals surface area contributed by atoms with Gasteiger partial charge in [-0.3, -0.25) is 0 Å². The molecule has 1 atom stereocenters. The van der Waals surface area contributed by atoms with Gasteiger partial charge in [0.1, 0.15) is 0 Å². The molecule has 17 heavy (non-hydrogen) atoms. The van der Waals surface area contributed by atoms with Gasteiger partial charge >= 0.3 is 6.18 Å². The van der Waals surface area contributed by atoms with E-state index in [-0.39, 0.29) is 24.4 Å². The Hall–Kier alpha value is -0.450. The maximum Gasteiger partial charge on any atom is 0.416 e. The standard InChI is InChI=1S/C11H11ClF3N.ClH/c12-9-4-3-7(11(13,14)15)5-8(9)10(16)6-1-2-6;/h3-6,10H,1-2,16H2;1H/t10-;/m0./s1. The summed E-state index contributed by atoms with van der Waals surface area (Å²) in [6.45, 7) is 0. The average molecular weight is 286 g/mol. The monoisotopic (exact) mass is 285 g/mol. The van der Waals surface area contributed by atoms with Crippen molar-refractivity contribution < 1.29 is 13.2 Å². The highest BCUT2D eigenvalue weighted by Gasteiger charge is 2.34. The summed E-state index contributed by atoms with van der Waals surface area (Å²) < 4.78 is 37.5. The van der Waals surface area contributed by atoms with Crippen LogP contribution in [-0.2, 0) is 6.18 Å². The van der Waals surface area contributed by atoms with Gasteiger partial charge in [0.15, 0.2) is 0 Å². The van der Waals surface area contributed by atoms with Gasteiger partial charge in [-0.1, -0.05) is 11.6 Å². The summed E-state index contributed by atoms with van der Waals surface area (Å²) in [4.78, 5) is 0. The second-order valence-electron chi connectivity index (χ2n) is 4.10. The quantitative estimate of drug-likeness (QED) is 0.866. The fourth-order valence-electron chi connectivity index (χ4n) is 1.68. The van der Waals surface area contributed by atoms with Crippen molar-refractivity contribution in [1.82, 2.24) is 0 Å². The van der Waals surface area contributed by atoms with E-state index in [1.54, 1.807) is 0 Å². The van der Waals surface area contributed by atoms with Gasteiger partial charge < -0.3 is 5.73 Å². The molecular formula is C11H12Cl2F3N. The first-order valence-electron chi connectivity index (χ1n) is 5.02. The number of benzene rings is 1. The highest BCUT2D eigenvalue weighted by atomic mass is 35.5. The van der Waals surface area contributed by atoms with Gasteiger partial charge in [0.25, 0.3) is 0 Å². The number of halogens is 5. The number of rotatable bonds is 2. The number of hydrogen-bond donors (Lipinski definition) is 1. The molecule has 1 nitrogen and oxygen atoms in total. The average Bonchev–Trinajstić information content (AvgIpc) is 2.98. The zero-order valence-corrected chi connectivity index (χ0v) is 10.4. The first-order chi connectivity index (χ1) is 7.39. The molecule has 0 unspecified atom stereocenters. The maximum atomic E-state index is 12.5. The van der Waals surface area contributed by atoms with Crippen LogP contribution in [-0.4, -0.2) is 0 Å². The lowest BCUT2D eigenvalue weighted by atomic mass is 10.0. The van der Waals surface area contributed by atoms with Gasteiger partial charge in [0, 0.05) is 11.1 Å². The maximum absolute atomic E-state index is 12.5. The Labute approximate surface area is 109 Å². The first kappa shape index (κ1) is 14.6. The molecule has 0 bridgehead atoms. The topological polar surface area (TPSA) is 26.0 Å². The molecule has 6 heteroatoms. The minimum absolute atomic E-state index is 0. The van der Waals surface area contributed by atoms with Crippen LogP contribution in [0, 0.1) is 5.92 Å². The second-order valence-corrected chi connectivity index (χ2v) is 4.50. The van der Waals surface area contributed by atoms with Gasteiger partial charge in [-0.15, -0.1) is 12.4 Å². The second kappa shape index (κ2) is 5.04. The van der Waals surface area contributed by atoms with Crippen LogP contribution >= 0.6 is 24.0 Å². The van der Waals surface area contributed by atoms with E-state index in [1.165, 1.54) is 6.07 Å². The Morgan fingerprint density at radius 1 is 1.29 bits per heavy atom. The zero-order valence-electron chi connectivity index (χ0n) is 8.80. The highest BCUT2D eigenvalue weighted by molar-refractivity contribution is 6.31. The van der Waals surface area contributed by atoms with Crippen LogP contribution in [0.4, 0.5) is 13.2 Å². The summed E-state index contributed by atoms with van der Waals surface area (Å²) in [5.74, 6) is 0.279. The largest absolute Gasteiger partial charge is 0.416 e. The first-order valence-corrected chi connectivity index (χ1v) is 5.39. The van der Waals surface area contributed by atoms with E-state index in [9.17, 15) is 13.2 Å². The summed E-state index contributed by atoms with van der Waals surface area (Å²) in [6, 6.07) is 2.92. The minimum atomic E-state index is -4.34. The van der Waals surface area contributed by atoms with Gasteiger partial charge in [-0.05, 0) is 42.5 Å². The van der Waals surface area contributed by atoms with Crippen molar-refractivity contribution in [3.05, 3.63) is 34.3 Å². The lowest BCUT2D eigenvalue weighted by Crippen LogP contribution is -2.15. The Balaban J connectivity index is 0.00000144. The van der Waals surface area contributed by atoms with Crippen LogP contribution in [0.3, 0.4) is 0 Å². The molecule has 0 spiro atoms. The Morgan fingerprint density at radius 2 is 1.88 bits per heavy atom. The molecule has 0 heterocycles. The predicted octanol–water partition coefficient (Wildman–Crippen LogP) is 4.19. The van der Waals surface area contributed by atoms with Crippen LogP contribution < -0.4 is 5.73 Å². The molecule has 0 aromatic heterocycles. The van der Waals surface area contributed by atoms with Gasteiger partial charge in [0.2, 0.25) is 0 Å². The number of alkyl halides is 3. The summed E-state index contributed by atoms with van der Waals surface area (Å²) in [5, 5.41) is 0.312. The van der Waals surface area contributed by atoms with Crippen molar-refractivity contribution in [3.8, 4) is 0 Å². The van der Waals surface area contributed by atoms with E-state index in [1.807, 2.05) is 0 Å². The molecule has 2 rings (SSSR count). The third-order valence-electron chi connectivity index (χ3n) is 2.81. The molecule has 0 saturated heterocycles. The summed E-state index contributed by atoms with van der Waals surface area (Å²) >= 11 is 5.87. The normalized spacial score (nSPS) is 17.5. The molecule has 96 valence electrons. The molecule has 1 saturated carbocycles. The predicted molar refractivity (Wildman–Crippen MR) is 63.4 cm³/mol. The summed E-state index contributed by atoms with van der Waals surface area (Å²) in [5.41, 5.74) is 5.57. The fourth-order valence-corrected chi connectivity index (χ4v) is 1.93. The van der Waals surface area contributed by atoms with Crippen molar-refractivity contribution in [3.63, 3.8) is 0 Å². The molecule has 1 aliphatic carbocycles. The molecule has 1 aromatic rings. The van der Waals surface area contributed by atoms with E-state index in [4.69, 9.17) is 17.3 Å². The van der Waals surface area contributed by atoms with Crippen LogP contribution in [0.5, 0.6) is 0 Å². The lowest BCUT2D eigenvalue weighted by Gasteiger charge is -2.15. The van der Waals surface area contributed by atoms with Crippen LogP contribution in [0.15, 0.2) is 18.2 Å². The van der Waals surface area contributed by atoms with E-state index in [0.717, 1.165) is 25.0 Å². The SMILES string of the molecule is Cl.N[C@H](c1cc(C(F)(F)F)ccc1Cl)C1CC1. The number of nitrogens with two attached hydrogens (primary N) is 1. The summed E-state index contributed by atoms with van der Waals surface area (Å²) in [6.07, 6.45) is -2.41. The Morgan fingerprint density at radius 3 is 2.35 bits per heavy atom. The smallest absolute Gasteiger partial charge is 0.324 e. The third-order valence-corrected chi connectivity index (χ3v) is 3.16. The van der Waals surface area contributed by atoms with E-state index >= 15 is 0 Å². The molecule has 0 aliphatic heterocycles. The number of hydrogen-bond acceptors (Lipinski definition) is 1. The highest BCUT2D eigenvalue weighted by Crippen LogP contribution is 2.42. The van der Waals surface area contributed by atoms with Crippen molar-refractivity contribution in [2.24, 2.45) is 11.7 Å². The van der Waals surface area contributed by atoms with Crippen molar-refractivity contribution >= 4 is 24.0 Å². The fraction of sp³-hybridized carbons (Fsp3) is 0.455. The van der Waals surface area contributed by atoms with Gasteiger partial charge in [-0.2, -0.15) is 13.2 Å². The van der Waals surface area contributed by atoms with E-state index in [2.05, 4.69) is 0 Å². The molecule has 2 N–H and O–H groups in total. The lowest BCUT2D eigenvalue weighted by molar-refractivity contribution is -0.137. The van der Waals surface area contributed by atoms with Crippen LogP contribution in [0.1, 0.15) is 30.0 Å². The van der Waals surface area contributed by atoms with Crippen molar-refractivity contribution in [1.29, 1.82) is 0 Å². The van der Waals surface area contributed by atoms with Gasteiger partial charge in [-0.25, -0.2) is 0 Å². The minimum Gasteiger partial charge on any atom is -0.324 e. The van der Waals surface area contributed by atoms with E-state index in [0.29, 0.717) is 10.6 Å². The van der Waals surface area contributed by atoms with Crippen LogP contribution in [0.2, 0.25) is 5.02 Å². The van der Waals surface area contributed by atoms with Crippen molar-refractivity contribution in [2.45, 2.75) is 25.1 Å². The van der Waals surface area contributed by atoms with Gasteiger partial charge in [0.05, 0.1) is 5.56 Å². The molecule has 1 fully saturated rings. The molecule has 1 aliphatic rings. The zero-order chi connectivity index (χ0) is 11.9. The Kier molecular flexibility index (Phi) is 4.33. The molecular weight excluding hydrogens is 274 g/mol. The molecule has 0 amide bonds. The third kappa shape index (κ3) is 3.27. The van der Waals surface area contributed by atoms with Crippen LogP contribution in [0.25, 0.3) is 0 Å².